The number of carbonyl (C=O) groups excluding carboxylic acids is 2. The summed E-state index contributed by atoms with van der Waals surface area (Å²) in [4.78, 5) is 36.7. The average molecular weight is 414 g/mol. The number of nitro groups is 1. The fourth-order valence-corrected chi connectivity index (χ4v) is 4.82. The minimum absolute atomic E-state index is 0.00900. The molecule has 1 fully saturated rings. The van der Waals surface area contributed by atoms with Gasteiger partial charge in [0, 0.05) is 18.7 Å². The van der Waals surface area contributed by atoms with E-state index in [0.717, 1.165) is 6.07 Å². The molecule has 0 spiro atoms. The highest BCUT2D eigenvalue weighted by atomic mass is 32.2. The van der Waals surface area contributed by atoms with Crippen LogP contribution in [0.25, 0.3) is 0 Å². The van der Waals surface area contributed by atoms with E-state index in [-0.39, 0.29) is 29.4 Å². The standard InChI is InChI=1S/C17H22N2O8S/c1-4-18(13-7-8-28(24,25)10-13)16(20)11(2)27-17(21)12-5-6-15(26-3)14(9-12)19(22)23/h5-6,9,11,13H,4,7-8,10H2,1-3H3/t11-,13+/m1/s1. The number of hydrogen-bond donors (Lipinski definition) is 0. The van der Waals surface area contributed by atoms with Gasteiger partial charge in [-0.2, -0.15) is 0 Å². The molecule has 0 saturated carbocycles. The summed E-state index contributed by atoms with van der Waals surface area (Å²) in [6, 6.07) is 3.13. The second-order valence-electron chi connectivity index (χ2n) is 6.37. The molecule has 154 valence electrons. The van der Waals surface area contributed by atoms with Gasteiger partial charge >= 0.3 is 11.7 Å². The normalized spacial score (nSPS) is 18.9. The fraction of sp³-hybridized carbons (Fsp3) is 0.529. The number of benzene rings is 1. The topological polar surface area (TPSA) is 133 Å². The third kappa shape index (κ3) is 4.77. The zero-order valence-corrected chi connectivity index (χ0v) is 16.6. The molecule has 11 heteroatoms. The van der Waals surface area contributed by atoms with Gasteiger partial charge in [-0.05, 0) is 32.4 Å². The predicted octanol–water partition coefficient (Wildman–Crippen LogP) is 1.18. The van der Waals surface area contributed by atoms with Crippen LogP contribution in [-0.2, 0) is 19.4 Å². The molecule has 2 atom stereocenters. The van der Waals surface area contributed by atoms with E-state index in [4.69, 9.17) is 9.47 Å². The summed E-state index contributed by atoms with van der Waals surface area (Å²) in [7, 11) is -1.91. The largest absolute Gasteiger partial charge is 0.490 e. The predicted molar refractivity (Wildman–Crippen MR) is 99.0 cm³/mol. The van der Waals surface area contributed by atoms with E-state index in [1.807, 2.05) is 0 Å². The molecule has 1 aliphatic rings. The van der Waals surface area contributed by atoms with Gasteiger partial charge in [0.2, 0.25) is 0 Å². The lowest BCUT2D eigenvalue weighted by molar-refractivity contribution is -0.385. The molecule has 2 rings (SSSR count). The minimum atomic E-state index is -3.17. The lowest BCUT2D eigenvalue weighted by atomic mass is 10.1. The van der Waals surface area contributed by atoms with Crippen molar-refractivity contribution < 1.29 is 32.4 Å². The molecular formula is C17H22N2O8S. The van der Waals surface area contributed by atoms with E-state index < -0.39 is 44.5 Å². The first-order chi connectivity index (χ1) is 13.1. The van der Waals surface area contributed by atoms with Gasteiger partial charge in [0.25, 0.3) is 5.91 Å². The van der Waals surface area contributed by atoms with Gasteiger partial charge in [0.15, 0.2) is 21.7 Å². The Hall–Kier alpha value is -2.69. The summed E-state index contributed by atoms with van der Waals surface area (Å²) in [5.74, 6) is -1.52. The summed E-state index contributed by atoms with van der Waals surface area (Å²) >= 11 is 0. The number of nitro benzene ring substituents is 1. The summed E-state index contributed by atoms with van der Waals surface area (Å²) < 4.78 is 33.4. The number of amides is 1. The zero-order valence-electron chi connectivity index (χ0n) is 15.8. The van der Waals surface area contributed by atoms with Crippen molar-refractivity contribution in [3.05, 3.63) is 33.9 Å². The van der Waals surface area contributed by atoms with Crippen LogP contribution in [0.5, 0.6) is 5.75 Å². The van der Waals surface area contributed by atoms with Gasteiger partial charge in [-0.3, -0.25) is 14.9 Å². The molecule has 0 bridgehead atoms. The first kappa shape index (κ1) is 21.6. The molecule has 0 unspecified atom stereocenters. The molecule has 1 aromatic carbocycles. The number of hydrogen-bond acceptors (Lipinski definition) is 8. The van der Waals surface area contributed by atoms with Crippen molar-refractivity contribution in [3.8, 4) is 5.75 Å². The van der Waals surface area contributed by atoms with Crippen molar-refractivity contribution in [1.82, 2.24) is 4.90 Å². The van der Waals surface area contributed by atoms with Crippen molar-refractivity contribution in [1.29, 1.82) is 0 Å². The van der Waals surface area contributed by atoms with E-state index in [1.54, 1.807) is 6.92 Å². The van der Waals surface area contributed by atoms with Crippen LogP contribution in [0.15, 0.2) is 18.2 Å². The first-order valence-electron chi connectivity index (χ1n) is 8.64. The van der Waals surface area contributed by atoms with E-state index in [2.05, 4.69) is 0 Å². The Morgan fingerprint density at radius 3 is 2.57 bits per heavy atom. The molecule has 1 heterocycles. The molecule has 1 aromatic rings. The molecule has 1 aliphatic heterocycles. The summed E-state index contributed by atoms with van der Waals surface area (Å²) in [6.07, 6.45) is -0.829. The number of methoxy groups -OCH3 is 1. The van der Waals surface area contributed by atoms with Gasteiger partial charge in [-0.25, -0.2) is 13.2 Å². The third-order valence-electron chi connectivity index (χ3n) is 4.52. The number of sulfone groups is 1. The van der Waals surface area contributed by atoms with Crippen LogP contribution in [0.1, 0.15) is 30.6 Å². The summed E-state index contributed by atoms with van der Waals surface area (Å²) in [6.45, 7) is 3.36. The Morgan fingerprint density at radius 1 is 1.39 bits per heavy atom. The third-order valence-corrected chi connectivity index (χ3v) is 6.27. The SMILES string of the molecule is CCN(C(=O)[C@@H](C)OC(=O)c1ccc(OC)c([N+](=O)[O-])c1)[C@H]1CCS(=O)(=O)C1. The van der Waals surface area contributed by atoms with Crippen LogP contribution in [0.4, 0.5) is 5.69 Å². The maximum absolute atomic E-state index is 12.6. The molecule has 0 aromatic heterocycles. The molecule has 1 amide bonds. The van der Waals surface area contributed by atoms with Gasteiger partial charge in [-0.15, -0.1) is 0 Å². The summed E-state index contributed by atoms with van der Waals surface area (Å²) in [5, 5.41) is 11.1. The quantitative estimate of drug-likeness (QED) is 0.369. The van der Waals surface area contributed by atoms with Crippen molar-refractivity contribution in [2.75, 3.05) is 25.2 Å². The highest BCUT2D eigenvalue weighted by Gasteiger charge is 2.36. The Morgan fingerprint density at radius 2 is 2.07 bits per heavy atom. The second kappa shape index (κ2) is 8.55. The van der Waals surface area contributed by atoms with Crippen molar-refractivity contribution in [2.45, 2.75) is 32.4 Å². The maximum atomic E-state index is 12.6. The van der Waals surface area contributed by atoms with E-state index in [1.165, 1.54) is 31.1 Å². The number of nitrogens with zero attached hydrogens (tertiary/aromatic N) is 2. The molecule has 10 nitrogen and oxygen atoms in total. The fourth-order valence-electron chi connectivity index (χ4n) is 3.09. The highest BCUT2D eigenvalue weighted by molar-refractivity contribution is 7.91. The van der Waals surface area contributed by atoms with Crippen LogP contribution in [-0.4, -0.2) is 67.4 Å². The van der Waals surface area contributed by atoms with Crippen molar-refractivity contribution >= 4 is 27.4 Å². The molecular weight excluding hydrogens is 392 g/mol. The Bertz CT molecular complexity index is 883. The number of rotatable bonds is 7. The minimum Gasteiger partial charge on any atom is -0.490 e. The number of carbonyl (C=O) groups is 2. The smallest absolute Gasteiger partial charge is 0.339 e. The summed E-state index contributed by atoms with van der Waals surface area (Å²) in [5.41, 5.74) is -0.499. The Labute approximate surface area is 162 Å². The number of ether oxygens (including phenoxy) is 2. The first-order valence-corrected chi connectivity index (χ1v) is 10.5. The van der Waals surface area contributed by atoms with Crippen molar-refractivity contribution in [2.24, 2.45) is 0 Å². The van der Waals surface area contributed by atoms with Crippen LogP contribution in [0.3, 0.4) is 0 Å². The number of likely N-dealkylation sites (N-methyl/N-ethyl adjacent to an activating group) is 1. The van der Waals surface area contributed by atoms with Crippen LogP contribution >= 0.6 is 0 Å². The molecule has 28 heavy (non-hydrogen) atoms. The van der Waals surface area contributed by atoms with Gasteiger partial charge in [0.1, 0.15) is 0 Å². The number of esters is 1. The average Bonchev–Trinajstić information content (AvgIpc) is 3.00. The Kier molecular flexibility index (Phi) is 6.60. The molecule has 0 aliphatic carbocycles. The van der Waals surface area contributed by atoms with Crippen LogP contribution < -0.4 is 4.74 Å². The second-order valence-corrected chi connectivity index (χ2v) is 8.60. The lowest BCUT2D eigenvalue weighted by Crippen LogP contribution is -2.46. The van der Waals surface area contributed by atoms with Crippen LogP contribution in [0, 0.1) is 10.1 Å². The van der Waals surface area contributed by atoms with Gasteiger partial charge in [0.05, 0.1) is 29.1 Å². The zero-order chi connectivity index (χ0) is 21.1. The van der Waals surface area contributed by atoms with Crippen molar-refractivity contribution in [3.63, 3.8) is 0 Å². The molecule has 1 saturated heterocycles. The monoisotopic (exact) mass is 414 g/mol. The maximum Gasteiger partial charge on any atom is 0.339 e. The molecule has 0 N–H and O–H groups in total. The Balaban J connectivity index is 2.11. The molecule has 0 radical (unpaired) electrons. The van der Waals surface area contributed by atoms with E-state index in [9.17, 15) is 28.1 Å². The van der Waals surface area contributed by atoms with E-state index in [0.29, 0.717) is 6.42 Å². The highest BCUT2D eigenvalue weighted by Crippen LogP contribution is 2.28. The van der Waals surface area contributed by atoms with E-state index >= 15 is 0 Å². The van der Waals surface area contributed by atoms with Crippen LogP contribution in [0.2, 0.25) is 0 Å². The van der Waals surface area contributed by atoms with Gasteiger partial charge in [-0.1, -0.05) is 0 Å². The van der Waals surface area contributed by atoms with Gasteiger partial charge < -0.3 is 14.4 Å². The lowest BCUT2D eigenvalue weighted by Gasteiger charge is -2.29.